The number of hydrogen-bond donors (Lipinski definition) is 0. The van der Waals surface area contributed by atoms with Gasteiger partial charge in [0.15, 0.2) is 0 Å². The summed E-state index contributed by atoms with van der Waals surface area (Å²) in [6, 6.07) is 5.12. The third-order valence-electron chi connectivity index (χ3n) is 3.18. The lowest BCUT2D eigenvalue weighted by atomic mass is 10.2. The molecule has 0 radical (unpaired) electrons. The predicted molar refractivity (Wildman–Crippen MR) is 77.2 cm³/mol. The Bertz CT molecular complexity index is 758. The quantitative estimate of drug-likeness (QED) is 0.618. The van der Waals surface area contributed by atoms with Crippen LogP contribution >= 0.6 is 0 Å². The highest BCUT2D eigenvalue weighted by Gasteiger charge is 2.29. The number of nitro groups is 1. The lowest BCUT2D eigenvalue weighted by Crippen LogP contribution is -2.29. The van der Waals surface area contributed by atoms with Crippen LogP contribution in [0.2, 0.25) is 0 Å². The molecule has 1 heterocycles. The van der Waals surface area contributed by atoms with E-state index >= 15 is 0 Å². The number of amides is 1. The van der Waals surface area contributed by atoms with E-state index < -0.39 is 23.6 Å². The average molecular weight is 342 g/mol. The molecular formula is C14H13F3N4O3. The Labute approximate surface area is 134 Å². The summed E-state index contributed by atoms with van der Waals surface area (Å²) in [7, 11) is 1.38. The van der Waals surface area contributed by atoms with Gasteiger partial charge < -0.3 is 9.47 Å². The van der Waals surface area contributed by atoms with Crippen molar-refractivity contribution in [2.45, 2.75) is 19.3 Å². The number of nitrogens with zero attached hydrogens (tertiary/aromatic N) is 4. The third-order valence-corrected chi connectivity index (χ3v) is 3.18. The Balaban J connectivity index is 2.14. The predicted octanol–water partition coefficient (Wildman–Crippen LogP) is 2.63. The molecule has 1 aromatic heterocycles. The van der Waals surface area contributed by atoms with Gasteiger partial charge >= 0.3 is 6.18 Å². The number of hydrogen-bond acceptors (Lipinski definition) is 4. The second-order valence-corrected chi connectivity index (χ2v) is 5.06. The maximum absolute atomic E-state index is 12.5. The highest BCUT2D eigenvalue weighted by Crippen LogP contribution is 2.19. The number of non-ortho nitro benzene ring substituents is 1. The van der Waals surface area contributed by atoms with Crippen molar-refractivity contribution in [1.29, 1.82) is 0 Å². The fourth-order valence-corrected chi connectivity index (χ4v) is 2.09. The summed E-state index contributed by atoms with van der Waals surface area (Å²) in [4.78, 5) is 27.4. The molecular weight excluding hydrogens is 329 g/mol. The first-order chi connectivity index (χ1) is 11.2. The minimum absolute atomic E-state index is 0.0635. The molecule has 7 nitrogen and oxygen atoms in total. The van der Waals surface area contributed by atoms with E-state index in [0.29, 0.717) is 0 Å². The third kappa shape index (κ3) is 4.31. The van der Waals surface area contributed by atoms with Crippen molar-refractivity contribution in [3.05, 3.63) is 58.2 Å². The Morgan fingerprint density at radius 3 is 2.75 bits per heavy atom. The van der Waals surface area contributed by atoms with Gasteiger partial charge in [0, 0.05) is 37.1 Å². The van der Waals surface area contributed by atoms with Gasteiger partial charge in [-0.2, -0.15) is 13.2 Å². The lowest BCUT2D eigenvalue weighted by molar-refractivity contribution is -0.384. The van der Waals surface area contributed by atoms with Gasteiger partial charge in [0.2, 0.25) is 0 Å². The number of nitro benzene ring substituents is 1. The van der Waals surface area contributed by atoms with E-state index in [4.69, 9.17) is 0 Å². The van der Waals surface area contributed by atoms with Gasteiger partial charge in [0.1, 0.15) is 12.4 Å². The van der Waals surface area contributed by atoms with Crippen molar-refractivity contribution in [3.8, 4) is 0 Å². The molecule has 10 heteroatoms. The van der Waals surface area contributed by atoms with Gasteiger partial charge in [-0.3, -0.25) is 14.9 Å². The molecule has 2 aromatic rings. The molecule has 2 rings (SSSR count). The van der Waals surface area contributed by atoms with Crippen molar-refractivity contribution in [2.75, 3.05) is 7.05 Å². The molecule has 0 saturated heterocycles. The molecule has 0 fully saturated rings. The van der Waals surface area contributed by atoms with Gasteiger partial charge in [0.25, 0.3) is 11.6 Å². The summed E-state index contributed by atoms with van der Waals surface area (Å²) >= 11 is 0. The van der Waals surface area contributed by atoms with Crippen LogP contribution in [0, 0.1) is 10.1 Å². The van der Waals surface area contributed by atoms with Crippen LogP contribution in [0.3, 0.4) is 0 Å². The Morgan fingerprint density at radius 2 is 2.12 bits per heavy atom. The Hall–Kier alpha value is -2.91. The van der Waals surface area contributed by atoms with Crippen LogP contribution in [0.5, 0.6) is 0 Å². The van der Waals surface area contributed by atoms with Crippen LogP contribution in [-0.2, 0) is 13.1 Å². The highest BCUT2D eigenvalue weighted by atomic mass is 19.4. The van der Waals surface area contributed by atoms with Crippen LogP contribution in [0.15, 0.2) is 36.7 Å². The molecule has 0 N–H and O–H groups in total. The number of alkyl halides is 3. The van der Waals surface area contributed by atoms with E-state index in [1.165, 1.54) is 37.6 Å². The number of benzene rings is 1. The van der Waals surface area contributed by atoms with Crippen molar-refractivity contribution in [1.82, 2.24) is 14.5 Å². The van der Waals surface area contributed by atoms with Crippen molar-refractivity contribution in [3.63, 3.8) is 0 Å². The van der Waals surface area contributed by atoms with Crippen LogP contribution in [0.4, 0.5) is 18.9 Å². The summed E-state index contributed by atoms with van der Waals surface area (Å²) in [5.41, 5.74) is -0.173. The van der Waals surface area contributed by atoms with Crippen molar-refractivity contribution < 1.29 is 22.9 Å². The first-order valence-corrected chi connectivity index (χ1v) is 6.74. The molecule has 1 amide bonds. The maximum Gasteiger partial charge on any atom is 0.406 e. The van der Waals surface area contributed by atoms with Gasteiger partial charge in [-0.25, -0.2) is 4.98 Å². The van der Waals surface area contributed by atoms with Crippen LogP contribution in [0.25, 0.3) is 0 Å². The van der Waals surface area contributed by atoms with Crippen LogP contribution < -0.4 is 0 Å². The Morgan fingerprint density at radius 1 is 1.42 bits per heavy atom. The summed E-state index contributed by atoms with van der Waals surface area (Å²) in [6.45, 7) is -1.37. The number of rotatable bonds is 5. The van der Waals surface area contributed by atoms with E-state index in [2.05, 4.69) is 4.98 Å². The zero-order chi connectivity index (χ0) is 17.9. The first-order valence-electron chi connectivity index (χ1n) is 6.74. The molecule has 0 bridgehead atoms. The summed E-state index contributed by atoms with van der Waals surface area (Å²) in [5, 5.41) is 10.7. The molecule has 1 aromatic carbocycles. The molecule has 0 aliphatic rings. The van der Waals surface area contributed by atoms with Crippen molar-refractivity contribution >= 4 is 11.6 Å². The zero-order valence-corrected chi connectivity index (χ0v) is 12.5. The molecule has 0 spiro atoms. The van der Waals surface area contributed by atoms with Crippen LogP contribution in [0.1, 0.15) is 16.2 Å². The second-order valence-electron chi connectivity index (χ2n) is 5.06. The van der Waals surface area contributed by atoms with Crippen LogP contribution in [-0.4, -0.2) is 38.5 Å². The SMILES string of the molecule is CN(Cc1nccn1CC(F)(F)F)C(=O)c1cccc([N+](=O)[O-])c1. The second kappa shape index (κ2) is 6.69. The van der Waals surface area contributed by atoms with Gasteiger partial charge in [-0.1, -0.05) is 6.07 Å². The van der Waals surface area contributed by atoms with E-state index in [1.807, 2.05) is 0 Å². The van der Waals surface area contributed by atoms with E-state index in [0.717, 1.165) is 15.5 Å². The maximum atomic E-state index is 12.5. The average Bonchev–Trinajstić information content (AvgIpc) is 2.91. The summed E-state index contributed by atoms with van der Waals surface area (Å²) in [6.07, 6.45) is -2.01. The molecule has 24 heavy (non-hydrogen) atoms. The number of imidazole rings is 1. The lowest BCUT2D eigenvalue weighted by Gasteiger charge is -2.18. The van der Waals surface area contributed by atoms with Crippen molar-refractivity contribution in [2.24, 2.45) is 0 Å². The fraction of sp³-hybridized carbons (Fsp3) is 0.286. The molecule has 0 atom stereocenters. The first kappa shape index (κ1) is 17.4. The topological polar surface area (TPSA) is 81.3 Å². The fourth-order valence-electron chi connectivity index (χ4n) is 2.09. The molecule has 128 valence electrons. The largest absolute Gasteiger partial charge is 0.406 e. The molecule has 0 saturated carbocycles. The molecule has 0 aliphatic heterocycles. The normalized spacial score (nSPS) is 11.3. The van der Waals surface area contributed by atoms with E-state index in [1.54, 1.807) is 0 Å². The van der Waals surface area contributed by atoms with E-state index in [9.17, 15) is 28.1 Å². The summed E-state index contributed by atoms with van der Waals surface area (Å²) < 4.78 is 38.4. The number of carbonyl (C=O) groups is 1. The zero-order valence-electron chi connectivity index (χ0n) is 12.5. The van der Waals surface area contributed by atoms with Gasteiger partial charge in [-0.15, -0.1) is 0 Å². The number of halogens is 3. The minimum Gasteiger partial charge on any atom is -0.334 e. The van der Waals surface area contributed by atoms with Gasteiger partial charge in [-0.05, 0) is 6.07 Å². The molecule has 0 aliphatic carbocycles. The molecule has 0 unspecified atom stereocenters. The highest BCUT2D eigenvalue weighted by molar-refractivity contribution is 5.94. The minimum atomic E-state index is -4.40. The summed E-state index contributed by atoms with van der Waals surface area (Å²) in [5.74, 6) is -0.492. The number of carbonyl (C=O) groups excluding carboxylic acids is 1. The van der Waals surface area contributed by atoms with E-state index in [-0.39, 0.29) is 23.6 Å². The number of aromatic nitrogens is 2. The smallest absolute Gasteiger partial charge is 0.334 e. The monoisotopic (exact) mass is 342 g/mol. The standard InChI is InChI=1S/C14H13F3N4O3/c1-19(8-12-18-5-6-20(12)9-14(15,16)17)13(22)10-3-2-4-11(7-10)21(23)24/h2-7H,8-9H2,1H3. The van der Waals surface area contributed by atoms with Gasteiger partial charge in [0.05, 0.1) is 11.5 Å². The Kier molecular flexibility index (Phi) is 4.86.